The summed E-state index contributed by atoms with van der Waals surface area (Å²) >= 11 is 0. The summed E-state index contributed by atoms with van der Waals surface area (Å²) in [4.78, 5) is 0. The maximum absolute atomic E-state index is 12.0. The van der Waals surface area contributed by atoms with E-state index in [0.29, 0.717) is 12.4 Å². The number of nitrogens with zero attached hydrogens (tertiary/aromatic N) is 1. The number of hydrogen-bond acceptors (Lipinski definition) is 3. The van der Waals surface area contributed by atoms with Crippen molar-refractivity contribution in [2.45, 2.75) is 26.7 Å². The van der Waals surface area contributed by atoms with Gasteiger partial charge in [0.1, 0.15) is 5.76 Å². The van der Waals surface area contributed by atoms with Crippen molar-refractivity contribution in [3.8, 4) is 11.3 Å². The molecule has 1 aromatic carbocycles. The zero-order valence-corrected chi connectivity index (χ0v) is 13.5. The van der Waals surface area contributed by atoms with Crippen molar-refractivity contribution in [2.24, 2.45) is 0 Å². The Morgan fingerprint density at radius 3 is 2.43 bits per heavy atom. The Kier molecular flexibility index (Phi) is 4.73. The van der Waals surface area contributed by atoms with Crippen LogP contribution in [0.3, 0.4) is 0 Å². The normalized spacial score (nSPS) is 11.6. The lowest BCUT2D eigenvalue weighted by molar-refractivity contribution is 0.557. The molecule has 0 bridgehead atoms. The van der Waals surface area contributed by atoms with Gasteiger partial charge in [0.05, 0.1) is 6.26 Å². The van der Waals surface area contributed by atoms with Crippen LogP contribution in [0.25, 0.3) is 11.3 Å². The zero-order valence-electron chi connectivity index (χ0n) is 12.7. The van der Waals surface area contributed by atoms with Gasteiger partial charge in [0, 0.05) is 18.2 Å². The Morgan fingerprint density at radius 1 is 1.19 bits per heavy atom. The van der Waals surface area contributed by atoms with Gasteiger partial charge in [-0.2, -0.15) is 0 Å². The fourth-order valence-electron chi connectivity index (χ4n) is 2.21. The van der Waals surface area contributed by atoms with Crippen molar-refractivity contribution in [3.63, 3.8) is 0 Å². The molecule has 0 saturated carbocycles. The van der Waals surface area contributed by atoms with Gasteiger partial charge in [-0.3, -0.25) is 0 Å². The largest absolute Gasteiger partial charge is 0.439 e. The van der Waals surface area contributed by atoms with Gasteiger partial charge >= 0.3 is 0 Å². The van der Waals surface area contributed by atoms with Gasteiger partial charge in [0.2, 0.25) is 15.9 Å². The van der Waals surface area contributed by atoms with Crippen molar-refractivity contribution in [1.82, 2.24) is 0 Å². The second-order valence-corrected chi connectivity index (χ2v) is 7.06. The first-order valence-electron chi connectivity index (χ1n) is 7.07. The predicted octanol–water partition coefficient (Wildman–Crippen LogP) is 3.82. The van der Waals surface area contributed by atoms with Crippen LogP contribution in [-0.4, -0.2) is 21.2 Å². The van der Waals surface area contributed by atoms with Gasteiger partial charge in [-0.1, -0.05) is 43.7 Å². The lowest BCUT2D eigenvalue weighted by atomic mass is 10.1. The topological polar surface area (TPSA) is 50.5 Å². The maximum Gasteiger partial charge on any atom is 0.234 e. The number of furan rings is 1. The molecule has 0 fully saturated rings. The zero-order chi connectivity index (χ0) is 15.5. The highest BCUT2D eigenvalue weighted by atomic mass is 32.2. The van der Waals surface area contributed by atoms with Crippen LogP contribution in [0.1, 0.15) is 25.3 Å². The van der Waals surface area contributed by atoms with E-state index in [1.807, 2.05) is 44.2 Å². The molecule has 21 heavy (non-hydrogen) atoms. The smallest absolute Gasteiger partial charge is 0.234 e. The molecule has 114 valence electrons. The summed E-state index contributed by atoms with van der Waals surface area (Å²) in [6, 6.07) is 11.5. The third-order valence-corrected chi connectivity index (χ3v) is 4.46. The minimum atomic E-state index is -3.34. The number of rotatable bonds is 6. The van der Waals surface area contributed by atoms with E-state index in [0.717, 1.165) is 29.7 Å². The first kappa shape index (κ1) is 15.6. The molecule has 0 spiro atoms. The fourth-order valence-corrected chi connectivity index (χ4v) is 3.08. The molecule has 0 amide bonds. The third-order valence-electron chi connectivity index (χ3n) is 3.30. The van der Waals surface area contributed by atoms with Crippen LogP contribution in [0.4, 0.5) is 5.88 Å². The van der Waals surface area contributed by atoms with E-state index in [9.17, 15) is 8.42 Å². The molecule has 0 N–H and O–H groups in total. The lowest BCUT2D eigenvalue weighted by Crippen LogP contribution is -2.30. The van der Waals surface area contributed by atoms with Crippen LogP contribution in [-0.2, 0) is 10.0 Å². The van der Waals surface area contributed by atoms with Crippen molar-refractivity contribution < 1.29 is 12.8 Å². The fraction of sp³-hybridized carbons (Fsp3) is 0.375. The van der Waals surface area contributed by atoms with Crippen LogP contribution >= 0.6 is 0 Å². The van der Waals surface area contributed by atoms with Gasteiger partial charge < -0.3 is 4.42 Å². The monoisotopic (exact) mass is 307 g/mol. The van der Waals surface area contributed by atoms with Crippen LogP contribution in [0.15, 0.2) is 40.8 Å². The highest BCUT2D eigenvalue weighted by molar-refractivity contribution is 7.92. The summed E-state index contributed by atoms with van der Waals surface area (Å²) in [5.74, 6) is 1.11. The summed E-state index contributed by atoms with van der Waals surface area (Å²) < 4.78 is 31.1. The van der Waals surface area contributed by atoms with Crippen LogP contribution in [0.5, 0.6) is 0 Å². The van der Waals surface area contributed by atoms with E-state index >= 15 is 0 Å². The van der Waals surface area contributed by atoms with E-state index in [-0.39, 0.29) is 0 Å². The first-order chi connectivity index (χ1) is 9.93. The van der Waals surface area contributed by atoms with Crippen molar-refractivity contribution in [1.29, 1.82) is 0 Å². The molecule has 2 rings (SSSR count). The quantitative estimate of drug-likeness (QED) is 0.815. The molecular formula is C16H21NO3S. The summed E-state index contributed by atoms with van der Waals surface area (Å²) in [6.07, 6.45) is 2.94. The number of benzene rings is 1. The van der Waals surface area contributed by atoms with Crippen LogP contribution in [0, 0.1) is 6.92 Å². The second kappa shape index (κ2) is 6.35. The molecule has 4 nitrogen and oxygen atoms in total. The van der Waals surface area contributed by atoms with E-state index in [1.165, 1.54) is 10.6 Å². The molecule has 0 radical (unpaired) electrons. The standard InChI is InChI=1S/C16H21NO3S/c1-4-5-11-17(21(3,18)19)15-12-13(2)16(20-15)14-9-7-6-8-10-14/h6-10,12H,4-5,11H2,1-3H3. The maximum atomic E-state index is 12.0. The van der Waals surface area contributed by atoms with Gasteiger partial charge in [-0.15, -0.1) is 0 Å². The van der Waals surface area contributed by atoms with Crippen LogP contribution < -0.4 is 4.31 Å². The molecule has 5 heteroatoms. The molecule has 0 atom stereocenters. The average Bonchev–Trinajstić information content (AvgIpc) is 2.80. The van der Waals surface area contributed by atoms with Gasteiger partial charge in [0.25, 0.3) is 0 Å². The predicted molar refractivity (Wildman–Crippen MR) is 86.0 cm³/mol. The van der Waals surface area contributed by atoms with Gasteiger partial charge in [-0.25, -0.2) is 12.7 Å². The molecule has 0 unspecified atom stereocenters. The number of anilines is 1. The van der Waals surface area contributed by atoms with Crippen LogP contribution in [0.2, 0.25) is 0 Å². The Hall–Kier alpha value is -1.75. The summed E-state index contributed by atoms with van der Waals surface area (Å²) in [5.41, 5.74) is 1.88. The molecule has 2 aromatic rings. The average molecular weight is 307 g/mol. The van der Waals surface area contributed by atoms with Gasteiger partial charge in [-0.05, 0) is 18.9 Å². The molecule has 0 aliphatic carbocycles. The highest BCUT2D eigenvalue weighted by Gasteiger charge is 2.22. The van der Waals surface area contributed by atoms with Crippen molar-refractivity contribution >= 4 is 15.9 Å². The molecule has 0 aliphatic heterocycles. The van der Waals surface area contributed by atoms with Crippen molar-refractivity contribution in [2.75, 3.05) is 17.1 Å². The van der Waals surface area contributed by atoms with E-state index in [1.54, 1.807) is 6.07 Å². The van der Waals surface area contributed by atoms with Gasteiger partial charge in [0.15, 0.2) is 0 Å². The second-order valence-electron chi connectivity index (χ2n) is 5.15. The highest BCUT2D eigenvalue weighted by Crippen LogP contribution is 2.32. The molecule has 1 aromatic heterocycles. The SMILES string of the molecule is CCCCN(c1cc(C)c(-c2ccccc2)o1)S(C)(=O)=O. The Morgan fingerprint density at radius 2 is 1.86 bits per heavy atom. The lowest BCUT2D eigenvalue weighted by Gasteiger charge is -2.18. The van der Waals surface area contributed by atoms with Crippen molar-refractivity contribution in [3.05, 3.63) is 42.0 Å². The summed E-state index contributed by atoms with van der Waals surface area (Å²) in [5, 5.41) is 0. The third kappa shape index (κ3) is 3.67. The number of sulfonamides is 1. The molecule has 0 aliphatic rings. The Bertz CT molecular complexity index is 690. The first-order valence-corrected chi connectivity index (χ1v) is 8.92. The number of unbranched alkanes of at least 4 members (excludes halogenated alkanes) is 1. The summed E-state index contributed by atoms with van der Waals surface area (Å²) in [6.45, 7) is 4.40. The minimum Gasteiger partial charge on any atom is -0.439 e. The van der Waals surface area contributed by atoms with E-state index in [2.05, 4.69) is 0 Å². The number of aryl methyl sites for hydroxylation is 1. The van der Waals surface area contributed by atoms with E-state index < -0.39 is 10.0 Å². The minimum absolute atomic E-state index is 0.391. The Labute approximate surface area is 126 Å². The van der Waals surface area contributed by atoms with E-state index in [4.69, 9.17) is 4.42 Å². The summed E-state index contributed by atoms with van der Waals surface area (Å²) in [7, 11) is -3.34. The molecule has 1 heterocycles. The molecule has 0 saturated heterocycles. The number of hydrogen-bond donors (Lipinski definition) is 0. The Balaban J connectivity index is 2.40. The molecular weight excluding hydrogens is 286 g/mol.